The Labute approximate surface area is 150 Å². The molecule has 0 atom stereocenters. The van der Waals surface area contributed by atoms with Crippen molar-refractivity contribution in [2.75, 3.05) is 0 Å². The summed E-state index contributed by atoms with van der Waals surface area (Å²) in [6.07, 6.45) is 14.5. The second kappa shape index (κ2) is 16.4. The quantitative estimate of drug-likeness (QED) is 0.353. The lowest BCUT2D eigenvalue weighted by Crippen LogP contribution is -1.92. The number of allylic oxidation sites excluding steroid dienone is 3. The van der Waals surface area contributed by atoms with Crippen molar-refractivity contribution in [2.24, 2.45) is 0 Å². The van der Waals surface area contributed by atoms with Gasteiger partial charge in [-0.15, -0.1) is 0 Å². The van der Waals surface area contributed by atoms with Crippen LogP contribution < -0.4 is 0 Å². The maximum atomic E-state index is 10.3. The van der Waals surface area contributed by atoms with Gasteiger partial charge in [-0.1, -0.05) is 36.8 Å². The molecule has 2 nitrogen and oxygen atoms in total. The minimum Gasteiger partial charge on any atom is -0.481 e. The topological polar surface area (TPSA) is 37.3 Å². The highest BCUT2D eigenvalue weighted by Crippen LogP contribution is 2.15. The Hall–Kier alpha value is -0.970. The summed E-state index contributed by atoms with van der Waals surface area (Å²) in [5, 5.41) is 8.45. The van der Waals surface area contributed by atoms with Crippen molar-refractivity contribution >= 4 is 37.8 Å². The molecule has 0 fully saturated rings. The number of unbranched alkanes of at least 4 members (excludes halogenated alkanes) is 6. The highest BCUT2D eigenvalue weighted by atomic mass is 79.9. The third kappa shape index (κ3) is 19.0. The van der Waals surface area contributed by atoms with Crippen LogP contribution in [0.3, 0.4) is 0 Å². The molecular weight excluding hydrogens is 408 g/mol. The van der Waals surface area contributed by atoms with E-state index in [0.29, 0.717) is 12.8 Å². The molecule has 0 saturated carbocycles. The molecule has 0 bridgehead atoms. The summed E-state index contributed by atoms with van der Waals surface area (Å²) in [7, 11) is 0. The number of carbonyl (C=O) groups is 1. The van der Waals surface area contributed by atoms with Crippen LogP contribution in [0.4, 0.5) is 0 Å². The maximum absolute atomic E-state index is 10.3. The fourth-order valence-corrected chi connectivity index (χ4v) is 2.08. The van der Waals surface area contributed by atoms with E-state index < -0.39 is 5.97 Å². The monoisotopic (exact) mass is 428 g/mol. The molecule has 4 heteroatoms. The highest BCUT2D eigenvalue weighted by molar-refractivity contribution is 9.28. The summed E-state index contributed by atoms with van der Waals surface area (Å²) in [5.74, 6) is 10.4. The predicted octanol–water partition coefficient (Wildman–Crippen LogP) is 5.78. The number of carboxylic acid groups (broad SMARTS) is 1. The third-order valence-corrected chi connectivity index (χ3v) is 3.39. The summed E-state index contributed by atoms with van der Waals surface area (Å²) in [5.41, 5.74) is 0. The lowest BCUT2D eigenvalue weighted by atomic mass is 10.1. The Balaban J connectivity index is 3.48. The molecule has 0 rings (SSSR count). The lowest BCUT2D eigenvalue weighted by molar-refractivity contribution is -0.137. The molecule has 0 aliphatic heterocycles. The van der Waals surface area contributed by atoms with E-state index in [4.69, 9.17) is 5.11 Å². The van der Waals surface area contributed by atoms with E-state index >= 15 is 0 Å². The molecule has 0 radical (unpaired) electrons. The Bertz CT molecular complexity index is 481. The average molecular weight is 430 g/mol. The molecule has 0 heterocycles. The molecule has 0 aliphatic carbocycles. The fourth-order valence-electron chi connectivity index (χ4n) is 1.63. The van der Waals surface area contributed by atoms with Crippen LogP contribution in [0, 0.1) is 23.7 Å². The van der Waals surface area contributed by atoms with Crippen LogP contribution >= 0.6 is 31.9 Å². The van der Waals surface area contributed by atoms with Gasteiger partial charge < -0.3 is 5.11 Å². The molecule has 0 aromatic heterocycles. The first-order valence-corrected chi connectivity index (χ1v) is 9.08. The normalized spacial score (nSPS) is 9.55. The predicted molar refractivity (Wildman–Crippen MR) is 99.8 cm³/mol. The zero-order valence-corrected chi connectivity index (χ0v) is 15.9. The maximum Gasteiger partial charge on any atom is 0.303 e. The number of hydrogen-bond acceptors (Lipinski definition) is 1. The largest absolute Gasteiger partial charge is 0.481 e. The first-order chi connectivity index (χ1) is 10.6. The van der Waals surface area contributed by atoms with Gasteiger partial charge >= 0.3 is 5.97 Å². The fraction of sp³-hybridized carbons (Fsp3) is 0.500. The molecule has 1 N–H and O–H groups in total. The SMILES string of the molecule is O=C(O)CCCC#CC#C/C=C\CCCCCCC=C(Br)Br. The number of hydrogen-bond donors (Lipinski definition) is 1. The highest BCUT2D eigenvalue weighted by Gasteiger charge is 1.92. The minimum atomic E-state index is -0.775. The van der Waals surface area contributed by atoms with Gasteiger partial charge in [0.05, 0.1) is 3.39 Å². The van der Waals surface area contributed by atoms with Gasteiger partial charge in [0.1, 0.15) is 0 Å². The van der Waals surface area contributed by atoms with E-state index in [2.05, 4.69) is 67.7 Å². The Morgan fingerprint density at radius 1 is 1.00 bits per heavy atom. The van der Waals surface area contributed by atoms with Crippen LogP contribution in [0.2, 0.25) is 0 Å². The van der Waals surface area contributed by atoms with E-state index in [0.717, 1.165) is 16.2 Å². The van der Waals surface area contributed by atoms with E-state index in [-0.39, 0.29) is 6.42 Å². The summed E-state index contributed by atoms with van der Waals surface area (Å²) in [4.78, 5) is 10.3. The first kappa shape index (κ1) is 21.0. The van der Waals surface area contributed by atoms with Gasteiger partial charge in [-0.3, -0.25) is 4.79 Å². The van der Waals surface area contributed by atoms with Crippen LogP contribution in [0.15, 0.2) is 21.6 Å². The van der Waals surface area contributed by atoms with E-state index in [9.17, 15) is 4.79 Å². The minimum absolute atomic E-state index is 0.172. The first-order valence-electron chi connectivity index (χ1n) is 7.49. The van der Waals surface area contributed by atoms with Gasteiger partial charge in [0, 0.05) is 12.8 Å². The second-order valence-electron chi connectivity index (χ2n) is 4.71. The summed E-state index contributed by atoms with van der Waals surface area (Å²) in [6.45, 7) is 0. The zero-order chi connectivity index (χ0) is 16.5. The van der Waals surface area contributed by atoms with Gasteiger partial charge in [-0.2, -0.15) is 0 Å². The molecule has 120 valence electrons. The van der Waals surface area contributed by atoms with Crippen LogP contribution in [0.5, 0.6) is 0 Å². The molecule has 0 amide bonds. The van der Waals surface area contributed by atoms with Crippen molar-refractivity contribution in [3.8, 4) is 23.7 Å². The summed E-state index contributed by atoms with van der Waals surface area (Å²) >= 11 is 6.69. The smallest absolute Gasteiger partial charge is 0.303 e. The Morgan fingerprint density at radius 3 is 2.41 bits per heavy atom. The standard InChI is InChI=1S/C18H22Br2O2/c19-17(20)15-13-11-9-7-5-3-1-2-4-6-8-10-12-14-16-18(21)22/h1-2,15H,3,5,7,9,11-14,16H2,(H,21,22)/b2-1-. The summed E-state index contributed by atoms with van der Waals surface area (Å²) in [6, 6.07) is 0. The van der Waals surface area contributed by atoms with Crippen molar-refractivity contribution in [1.29, 1.82) is 0 Å². The zero-order valence-electron chi connectivity index (χ0n) is 12.7. The molecular formula is C18H22Br2O2. The second-order valence-corrected chi connectivity index (χ2v) is 7.48. The number of carboxylic acids is 1. The lowest BCUT2D eigenvalue weighted by Gasteiger charge is -1.96. The van der Waals surface area contributed by atoms with Gasteiger partial charge in [0.15, 0.2) is 0 Å². The molecule has 0 aromatic carbocycles. The summed E-state index contributed by atoms with van der Waals surface area (Å²) < 4.78 is 1.03. The van der Waals surface area contributed by atoms with Crippen molar-refractivity contribution in [1.82, 2.24) is 0 Å². The van der Waals surface area contributed by atoms with E-state index in [1.807, 2.05) is 6.08 Å². The average Bonchev–Trinajstić information content (AvgIpc) is 2.46. The Morgan fingerprint density at radius 2 is 1.73 bits per heavy atom. The molecule has 0 spiro atoms. The van der Waals surface area contributed by atoms with Gasteiger partial charge in [0.25, 0.3) is 0 Å². The third-order valence-electron chi connectivity index (χ3n) is 2.74. The molecule has 0 aliphatic rings. The van der Waals surface area contributed by atoms with Crippen molar-refractivity contribution in [3.63, 3.8) is 0 Å². The van der Waals surface area contributed by atoms with Gasteiger partial charge in [-0.05, 0) is 81.9 Å². The van der Waals surface area contributed by atoms with Crippen molar-refractivity contribution in [3.05, 3.63) is 21.6 Å². The molecule has 22 heavy (non-hydrogen) atoms. The van der Waals surface area contributed by atoms with Crippen LogP contribution in [-0.4, -0.2) is 11.1 Å². The number of aliphatic carboxylic acids is 1. The van der Waals surface area contributed by atoms with E-state index in [1.165, 1.54) is 25.7 Å². The van der Waals surface area contributed by atoms with Gasteiger partial charge in [-0.25, -0.2) is 0 Å². The number of rotatable bonds is 10. The van der Waals surface area contributed by atoms with Crippen LogP contribution in [-0.2, 0) is 4.79 Å². The van der Waals surface area contributed by atoms with Crippen molar-refractivity contribution in [2.45, 2.75) is 57.8 Å². The Kier molecular flexibility index (Phi) is 15.7. The van der Waals surface area contributed by atoms with Crippen molar-refractivity contribution < 1.29 is 9.90 Å². The molecule has 0 aromatic rings. The molecule has 0 unspecified atom stereocenters. The number of halogens is 2. The van der Waals surface area contributed by atoms with Crippen LogP contribution in [0.1, 0.15) is 57.8 Å². The van der Waals surface area contributed by atoms with E-state index in [1.54, 1.807) is 0 Å². The van der Waals surface area contributed by atoms with Gasteiger partial charge in [0.2, 0.25) is 0 Å². The molecule has 0 saturated heterocycles. The van der Waals surface area contributed by atoms with Crippen LogP contribution in [0.25, 0.3) is 0 Å².